The van der Waals surface area contributed by atoms with Gasteiger partial charge in [-0.15, -0.1) is 0 Å². The first-order valence-corrected chi connectivity index (χ1v) is 5.07. The van der Waals surface area contributed by atoms with Gasteiger partial charge in [-0.1, -0.05) is 13.8 Å². The molecule has 13 heavy (non-hydrogen) atoms. The first kappa shape index (κ1) is 8.73. The molecule has 0 bridgehead atoms. The lowest BCUT2D eigenvalue weighted by molar-refractivity contribution is -0.132. The average Bonchev–Trinajstić information content (AvgIpc) is 2.56. The number of amides is 1. The maximum Gasteiger partial charge on any atom is 0.251 e. The second kappa shape index (κ2) is 3.13. The molecular weight excluding hydrogens is 164 g/mol. The van der Waals surface area contributed by atoms with Crippen molar-refractivity contribution in [3.8, 4) is 0 Å². The van der Waals surface area contributed by atoms with E-state index in [0.717, 1.165) is 31.5 Å². The molecule has 1 saturated carbocycles. The maximum absolute atomic E-state index is 11.7. The summed E-state index contributed by atoms with van der Waals surface area (Å²) < 4.78 is 0. The predicted molar refractivity (Wildman–Crippen MR) is 51.3 cm³/mol. The van der Waals surface area contributed by atoms with E-state index in [1.807, 2.05) is 0 Å². The number of hydrazone groups is 1. The molecule has 1 heterocycles. The minimum atomic E-state index is 0.152. The van der Waals surface area contributed by atoms with Gasteiger partial charge >= 0.3 is 0 Å². The number of nitrogens with zero attached hydrogens (tertiary/aromatic N) is 2. The highest BCUT2D eigenvalue weighted by Gasteiger charge is 2.38. The van der Waals surface area contributed by atoms with Crippen LogP contribution in [0.5, 0.6) is 0 Å². The van der Waals surface area contributed by atoms with Crippen molar-refractivity contribution < 1.29 is 4.79 Å². The number of rotatable bonds is 2. The third kappa shape index (κ3) is 1.47. The van der Waals surface area contributed by atoms with E-state index in [0.29, 0.717) is 5.92 Å². The van der Waals surface area contributed by atoms with Crippen molar-refractivity contribution in [1.82, 2.24) is 5.01 Å². The topological polar surface area (TPSA) is 32.7 Å². The van der Waals surface area contributed by atoms with Crippen LogP contribution in [0.15, 0.2) is 5.10 Å². The first-order valence-electron chi connectivity index (χ1n) is 5.07. The third-order valence-corrected chi connectivity index (χ3v) is 2.67. The highest BCUT2D eigenvalue weighted by molar-refractivity contribution is 6.09. The molecule has 1 unspecified atom stereocenters. The van der Waals surface area contributed by atoms with Crippen LogP contribution in [0.2, 0.25) is 0 Å². The number of hydrogen-bond acceptors (Lipinski definition) is 2. The molecule has 0 aromatic rings. The summed E-state index contributed by atoms with van der Waals surface area (Å²) in [5.41, 5.74) is 1.13. The van der Waals surface area contributed by atoms with Gasteiger partial charge in [-0.2, -0.15) is 5.10 Å². The van der Waals surface area contributed by atoms with Gasteiger partial charge in [-0.3, -0.25) is 4.79 Å². The highest BCUT2D eigenvalue weighted by atomic mass is 16.2. The first-order chi connectivity index (χ1) is 6.18. The lowest BCUT2D eigenvalue weighted by Gasteiger charge is -2.15. The summed E-state index contributed by atoms with van der Waals surface area (Å²) in [7, 11) is 0. The molecule has 1 aliphatic heterocycles. The lowest BCUT2D eigenvalue weighted by atomic mass is 10.1. The Morgan fingerprint density at radius 1 is 1.62 bits per heavy atom. The third-order valence-electron chi connectivity index (χ3n) is 2.67. The Kier molecular flexibility index (Phi) is 2.10. The fourth-order valence-corrected chi connectivity index (χ4v) is 2.07. The van der Waals surface area contributed by atoms with Crippen LogP contribution >= 0.6 is 0 Å². The molecule has 1 fully saturated rings. The van der Waals surface area contributed by atoms with E-state index in [4.69, 9.17) is 0 Å². The van der Waals surface area contributed by atoms with Gasteiger partial charge in [0.15, 0.2) is 0 Å². The van der Waals surface area contributed by atoms with Crippen LogP contribution in [-0.4, -0.2) is 23.2 Å². The van der Waals surface area contributed by atoms with Crippen LogP contribution in [-0.2, 0) is 4.79 Å². The number of hydrogen-bond donors (Lipinski definition) is 0. The molecular formula is C10H16N2O. The van der Waals surface area contributed by atoms with Crippen molar-refractivity contribution in [3.05, 3.63) is 0 Å². The molecule has 1 atom stereocenters. The molecule has 0 saturated heterocycles. The summed E-state index contributed by atoms with van der Waals surface area (Å²) in [6.07, 6.45) is 3.20. The molecule has 3 nitrogen and oxygen atoms in total. The fraction of sp³-hybridized carbons (Fsp3) is 0.800. The summed E-state index contributed by atoms with van der Waals surface area (Å²) in [5.74, 6) is 0.895. The van der Waals surface area contributed by atoms with Crippen molar-refractivity contribution >= 4 is 11.6 Å². The zero-order chi connectivity index (χ0) is 9.42. The molecule has 2 rings (SSSR count). The Balaban J connectivity index is 2.08. The van der Waals surface area contributed by atoms with E-state index in [1.165, 1.54) is 0 Å². The van der Waals surface area contributed by atoms with E-state index in [1.54, 1.807) is 5.01 Å². The zero-order valence-electron chi connectivity index (χ0n) is 8.29. The Hall–Kier alpha value is -0.860. The second-order valence-electron chi connectivity index (χ2n) is 4.35. The van der Waals surface area contributed by atoms with E-state index >= 15 is 0 Å². The van der Waals surface area contributed by atoms with Crippen molar-refractivity contribution in [1.29, 1.82) is 0 Å². The van der Waals surface area contributed by atoms with Crippen LogP contribution in [0.25, 0.3) is 0 Å². The molecule has 72 valence electrons. The van der Waals surface area contributed by atoms with Crippen molar-refractivity contribution in [2.45, 2.75) is 33.1 Å². The van der Waals surface area contributed by atoms with Crippen molar-refractivity contribution in [3.63, 3.8) is 0 Å². The minimum absolute atomic E-state index is 0.152. The van der Waals surface area contributed by atoms with Gasteiger partial charge in [0.2, 0.25) is 0 Å². The molecule has 0 radical (unpaired) electrons. The van der Waals surface area contributed by atoms with E-state index in [2.05, 4.69) is 18.9 Å². The Morgan fingerprint density at radius 3 is 3.00 bits per heavy atom. The number of fused-ring (bicyclic) bond motifs is 1. The zero-order valence-corrected chi connectivity index (χ0v) is 8.29. The standard InChI is InChI=1S/C10H16N2O/c1-7(2)6-12-10(13)8-4-3-5-9(8)11-12/h7-8H,3-6H2,1-2H3. The quantitative estimate of drug-likeness (QED) is 0.636. The lowest BCUT2D eigenvalue weighted by Crippen LogP contribution is -2.29. The van der Waals surface area contributed by atoms with Crippen LogP contribution in [0.1, 0.15) is 33.1 Å². The molecule has 0 aromatic heterocycles. The van der Waals surface area contributed by atoms with Gasteiger partial charge in [-0.25, -0.2) is 5.01 Å². The molecule has 0 N–H and O–H groups in total. The van der Waals surface area contributed by atoms with Crippen LogP contribution in [0.4, 0.5) is 0 Å². The fourth-order valence-electron chi connectivity index (χ4n) is 2.07. The predicted octanol–water partition coefficient (Wildman–Crippen LogP) is 1.64. The van der Waals surface area contributed by atoms with Crippen molar-refractivity contribution in [2.75, 3.05) is 6.54 Å². The van der Waals surface area contributed by atoms with Gasteiger partial charge in [-0.05, 0) is 25.2 Å². The van der Waals surface area contributed by atoms with E-state index in [-0.39, 0.29) is 11.8 Å². The highest BCUT2D eigenvalue weighted by Crippen LogP contribution is 2.30. The Bertz CT molecular complexity index is 258. The smallest absolute Gasteiger partial charge is 0.251 e. The molecule has 0 aromatic carbocycles. The summed E-state index contributed by atoms with van der Waals surface area (Å²) >= 11 is 0. The molecule has 2 aliphatic rings. The van der Waals surface area contributed by atoms with Gasteiger partial charge in [0.25, 0.3) is 5.91 Å². The van der Waals surface area contributed by atoms with Gasteiger partial charge in [0.05, 0.1) is 11.6 Å². The molecule has 3 heteroatoms. The number of carbonyl (C=O) groups excluding carboxylic acids is 1. The summed E-state index contributed by atoms with van der Waals surface area (Å²) in [6.45, 7) is 5.00. The monoisotopic (exact) mass is 180 g/mol. The van der Waals surface area contributed by atoms with Gasteiger partial charge in [0, 0.05) is 6.54 Å². The normalized spacial score (nSPS) is 27.0. The van der Waals surface area contributed by atoms with Crippen LogP contribution < -0.4 is 0 Å². The molecule has 1 amide bonds. The van der Waals surface area contributed by atoms with Crippen molar-refractivity contribution in [2.24, 2.45) is 16.9 Å². The second-order valence-corrected chi connectivity index (χ2v) is 4.35. The summed E-state index contributed by atoms with van der Waals surface area (Å²) in [6, 6.07) is 0. The SMILES string of the molecule is CC(C)CN1N=C2CCCC2C1=O. The minimum Gasteiger partial charge on any atom is -0.272 e. The van der Waals surface area contributed by atoms with E-state index < -0.39 is 0 Å². The average molecular weight is 180 g/mol. The van der Waals surface area contributed by atoms with Gasteiger partial charge in [0.1, 0.15) is 0 Å². The van der Waals surface area contributed by atoms with Crippen LogP contribution in [0, 0.1) is 11.8 Å². The molecule has 1 aliphatic carbocycles. The van der Waals surface area contributed by atoms with E-state index in [9.17, 15) is 4.79 Å². The van der Waals surface area contributed by atoms with Gasteiger partial charge < -0.3 is 0 Å². The van der Waals surface area contributed by atoms with Crippen LogP contribution in [0.3, 0.4) is 0 Å². The maximum atomic E-state index is 11.7. The Morgan fingerprint density at radius 2 is 2.38 bits per heavy atom. The Labute approximate surface area is 78.8 Å². The largest absolute Gasteiger partial charge is 0.272 e. The summed E-state index contributed by atoms with van der Waals surface area (Å²) in [4.78, 5) is 11.7. The molecule has 0 spiro atoms. The number of carbonyl (C=O) groups is 1. The summed E-state index contributed by atoms with van der Waals surface area (Å²) in [5, 5.41) is 6.04.